The number of hydrogen-bond donors (Lipinski definition) is 1. The first-order valence-electron chi connectivity index (χ1n) is 3.41. The Morgan fingerprint density at radius 2 is 1.87 bits per heavy atom. The molecule has 0 aromatic heterocycles. The summed E-state index contributed by atoms with van der Waals surface area (Å²) in [6.07, 6.45) is 0. The summed E-state index contributed by atoms with van der Waals surface area (Å²) in [5.41, 5.74) is -0.931. The van der Waals surface area contributed by atoms with Crippen LogP contribution in [0.1, 0.15) is 6.92 Å². The Labute approximate surface area is 77.4 Å². The summed E-state index contributed by atoms with van der Waals surface area (Å²) in [6.45, 7) is 0.714. The molecule has 0 heterocycles. The van der Waals surface area contributed by atoms with E-state index in [0.29, 0.717) is 0 Å². The van der Waals surface area contributed by atoms with Gasteiger partial charge in [-0.3, -0.25) is 4.18 Å². The van der Waals surface area contributed by atoms with Crippen molar-refractivity contribution in [3.05, 3.63) is 7.11 Å². The first kappa shape index (κ1) is 18.5. The third kappa shape index (κ3) is 8.13. The Bertz CT molecular complexity index is 244. The molecule has 0 aliphatic rings. The van der Waals surface area contributed by atoms with Crippen LogP contribution in [0.5, 0.6) is 0 Å². The summed E-state index contributed by atoms with van der Waals surface area (Å²) >= 11 is 0. The van der Waals surface area contributed by atoms with Crippen LogP contribution in [-0.2, 0) is 19.3 Å². The van der Waals surface area contributed by atoms with E-state index in [1.807, 2.05) is 0 Å². The largest absolute Gasteiger partial charge is 0.726 e. The van der Waals surface area contributed by atoms with Crippen LogP contribution >= 0.6 is 0 Å². The van der Waals surface area contributed by atoms with Crippen LogP contribution in [0.25, 0.3) is 0 Å². The van der Waals surface area contributed by atoms with Crippen LogP contribution in [0.2, 0.25) is 0 Å². The molecule has 84 valence electrons. The van der Waals surface area contributed by atoms with E-state index in [4.69, 9.17) is 5.11 Å². The summed E-state index contributed by atoms with van der Waals surface area (Å²) in [6, 6.07) is 0. The van der Waals surface area contributed by atoms with Crippen LogP contribution in [0.4, 0.5) is 0 Å². The second kappa shape index (κ2) is 6.28. The van der Waals surface area contributed by atoms with Crippen molar-refractivity contribution < 1.29 is 27.0 Å². The van der Waals surface area contributed by atoms with Gasteiger partial charge in [-0.05, 0) is 0 Å². The van der Waals surface area contributed by atoms with Gasteiger partial charge in [0, 0.05) is 12.0 Å². The molecule has 1 atom stereocenters. The molecule has 0 bridgehead atoms. The van der Waals surface area contributed by atoms with Gasteiger partial charge in [-0.1, -0.05) is 6.92 Å². The van der Waals surface area contributed by atoms with E-state index in [2.05, 4.69) is 16.0 Å². The van der Waals surface area contributed by atoms with Gasteiger partial charge in [0.25, 0.3) is 0 Å². The molecule has 0 aliphatic heterocycles. The molecular weight excluding hydrogens is 734 g/mol. The molecule has 0 spiro atoms. The van der Waals surface area contributed by atoms with Gasteiger partial charge in [0.1, 0.15) is 0 Å². The number of aliphatic hydroxyl groups is 1. The SMILES string of the molecule is [CH2-]OCC(C)(CO)COS(=O)(=O)[O-].[Rf].[Rf]. The van der Waals surface area contributed by atoms with E-state index in [0.717, 1.165) is 0 Å². The van der Waals surface area contributed by atoms with E-state index in [9.17, 15) is 13.0 Å². The Kier molecular flexibility index (Phi) is 7.76. The molecule has 1 unspecified atom stereocenters. The van der Waals surface area contributed by atoms with Gasteiger partial charge in [0.2, 0.25) is 10.4 Å². The maximum absolute atomic E-state index is 10.1. The van der Waals surface area contributed by atoms with Crippen molar-refractivity contribution in [2.75, 3.05) is 19.8 Å². The quantitative estimate of drug-likeness (QED) is 0.219. The predicted molar refractivity (Wildman–Crippen MR) is 42.2 cm³/mol. The zero-order valence-corrected chi connectivity index (χ0v) is 22.3. The fraction of sp³-hybridized carbons (Fsp3) is 0.833. The Morgan fingerprint density at radius 3 is 2.13 bits per heavy atom. The number of aliphatic hydroxyl groups excluding tert-OH is 1. The molecule has 1 N–H and O–H groups in total. The van der Waals surface area contributed by atoms with Crippen molar-refractivity contribution in [2.45, 2.75) is 6.92 Å². The third-order valence-corrected chi connectivity index (χ3v) is 1.79. The van der Waals surface area contributed by atoms with Gasteiger partial charge >= 0.3 is 0 Å². The average molecular weight is 746 g/mol. The summed E-state index contributed by atoms with van der Waals surface area (Å²) in [7, 11) is -1.65. The smallest absolute Gasteiger partial charge is 0.217 e. The second-order valence-corrected chi connectivity index (χ2v) is 4.04. The topological polar surface area (TPSA) is 95.9 Å². The van der Waals surface area contributed by atoms with Gasteiger partial charge in [-0.25, -0.2) is 15.5 Å². The van der Waals surface area contributed by atoms with Crippen molar-refractivity contribution in [2.24, 2.45) is 5.41 Å². The molecular formula is C6H12O6Rf2S-2. The first-order chi connectivity index (χ1) is 5.83. The first-order valence-corrected chi connectivity index (χ1v) is 4.74. The summed E-state index contributed by atoms with van der Waals surface area (Å²) < 4.78 is 38.7. The molecule has 0 amide bonds. The molecule has 9 heteroatoms. The molecule has 0 saturated heterocycles. The van der Waals surface area contributed by atoms with E-state index >= 15 is 0 Å². The second-order valence-electron chi connectivity index (χ2n) is 2.99. The van der Waals surface area contributed by atoms with Crippen LogP contribution in [0.3, 0.4) is 0 Å². The zero-order chi connectivity index (χ0) is 10.5. The molecule has 0 aliphatic carbocycles. The summed E-state index contributed by atoms with van der Waals surface area (Å²) in [5.74, 6) is 0. The summed E-state index contributed by atoms with van der Waals surface area (Å²) in [4.78, 5) is 0. The molecule has 0 aromatic carbocycles. The van der Waals surface area contributed by atoms with Gasteiger partial charge in [-0.15, -0.1) is 0 Å². The van der Waals surface area contributed by atoms with Gasteiger partial charge in [0.05, 0.1) is 13.2 Å². The van der Waals surface area contributed by atoms with E-state index < -0.39 is 22.4 Å². The normalized spacial score (nSPS) is 14.7. The molecule has 0 radical (unpaired) electrons. The fourth-order valence-corrected chi connectivity index (χ4v) is 1.02. The van der Waals surface area contributed by atoms with Gasteiger partial charge in [0.15, 0.2) is 0 Å². The van der Waals surface area contributed by atoms with Crippen molar-refractivity contribution >= 4 is 10.4 Å². The molecule has 15 heavy (non-hydrogen) atoms. The fourth-order valence-electron chi connectivity index (χ4n) is 0.594. The zero-order valence-electron chi connectivity index (χ0n) is 8.64. The molecule has 0 fully saturated rings. The summed E-state index contributed by atoms with van der Waals surface area (Å²) in [5, 5.41) is 8.83. The van der Waals surface area contributed by atoms with Gasteiger partial charge in [-0.2, -0.15) is 0 Å². The Hall–Kier alpha value is -2.21. The predicted octanol–water partition coefficient (Wildman–Crippen LogP) is -0.730. The van der Waals surface area contributed by atoms with Crippen LogP contribution in [-0.4, -0.2) is 37.9 Å². The van der Waals surface area contributed by atoms with Crippen molar-refractivity contribution in [1.29, 1.82) is 0 Å². The number of hydrogen-bond acceptors (Lipinski definition) is 6. The van der Waals surface area contributed by atoms with Crippen LogP contribution in [0, 0.1) is 12.5 Å². The maximum atomic E-state index is 10.1. The van der Waals surface area contributed by atoms with Crippen LogP contribution in [0.15, 0.2) is 0 Å². The van der Waals surface area contributed by atoms with E-state index in [1.54, 1.807) is 0 Å². The van der Waals surface area contributed by atoms with Crippen molar-refractivity contribution in [3.8, 4) is 0 Å². The molecule has 0 rings (SSSR count). The minimum absolute atomic E-state index is 0. The standard InChI is InChI=1S/C6H13O6S.2Rf/c1-6(3-7,4-11-2)5-12-13(8,9)10;;/h7H,2-5H2,1H3,(H,8,9,10);;/q-1;;/p-1. The number of rotatable bonds is 6. The minimum Gasteiger partial charge on any atom is -0.726 e. The molecule has 0 aromatic rings. The molecule has 6 nitrogen and oxygen atoms in total. The Balaban J connectivity index is -0.000000720. The maximum Gasteiger partial charge on any atom is 0.217 e. The monoisotopic (exact) mass is 746 g/mol. The minimum atomic E-state index is -4.72. The van der Waals surface area contributed by atoms with Crippen molar-refractivity contribution in [3.63, 3.8) is 0 Å². The van der Waals surface area contributed by atoms with E-state index in [-0.39, 0.29) is 13.2 Å². The average Bonchev–Trinajstić information content (AvgIpc) is 2.01. The van der Waals surface area contributed by atoms with Gasteiger partial charge < -0.3 is 14.4 Å². The van der Waals surface area contributed by atoms with E-state index in [1.165, 1.54) is 6.92 Å². The number of ether oxygens (including phenoxy) is 1. The Morgan fingerprint density at radius 1 is 1.40 bits per heavy atom. The van der Waals surface area contributed by atoms with Crippen molar-refractivity contribution in [1.82, 2.24) is 0 Å². The third-order valence-electron chi connectivity index (χ3n) is 1.38. The molecule has 0 saturated carbocycles. The van der Waals surface area contributed by atoms with Crippen LogP contribution < -0.4 is 0 Å².